The van der Waals surface area contributed by atoms with Gasteiger partial charge in [0, 0.05) is 16.6 Å². The second kappa shape index (κ2) is 4.21. The third kappa shape index (κ3) is 1.98. The Kier molecular flexibility index (Phi) is 2.93. The van der Waals surface area contributed by atoms with E-state index in [1.54, 1.807) is 12.1 Å². The quantitative estimate of drug-likeness (QED) is 0.797. The predicted molar refractivity (Wildman–Crippen MR) is 60.1 cm³/mol. The van der Waals surface area contributed by atoms with Crippen molar-refractivity contribution in [3.05, 3.63) is 34.3 Å². The van der Waals surface area contributed by atoms with Crippen LogP contribution in [0.5, 0.6) is 0 Å². The molecule has 1 aliphatic rings. The van der Waals surface area contributed by atoms with Gasteiger partial charge in [-0.1, -0.05) is 17.7 Å². The molecule has 1 unspecified atom stereocenters. The molecule has 0 bridgehead atoms. The fourth-order valence-corrected chi connectivity index (χ4v) is 2.17. The molecule has 1 atom stereocenters. The third-order valence-electron chi connectivity index (χ3n) is 2.66. The van der Waals surface area contributed by atoms with Crippen molar-refractivity contribution in [2.45, 2.75) is 18.9 Å². The maximum Gasteiger partial charge on any atom is 0.251 e. The van der Waals surface area contributed by atoms with Crippen LogP contribution in [0, 0.1) is 0 Å². The second-order valence-corrected chi connectivity index (χ2v) is 4.13. The summed E-state index contributed by atoms with van der Waals surface area (Å²) in [5.74, 6) is -0.0443. The lowest BCUT2D eigenvalue weighted by Crippen LogP contribution is -2.42. The molecule has 1 aromatic rings. The lowest BCUT2D eigenvalue weighted by atomic mass is 9.93. The van der Waals surface area contributed by atoms with Crippen LogP contribution >= 0.6 is 11.6 Å². The van der Waals surface area contributed by atoms with Gasteiger partial charge in [0.2, 0.25) is 0 Å². The van der Waals surface area contributed by atoms with Crippen molar-refractivity contribution in [1.82, 2.24) is 5.32 Å². The summed E-state index contributed by atoms with van der Waals surface area (Å²) in [6, 6.07) is 5.53. The van der Waals surface area contributed by atoms with Crippen LogP contribution in [0.3, 0.4) is 0 Å². The molecule has 3 nitrogen and oxygen atoms in total. The second-order valence-electron chi connectivity index (χ2n) is 3.72. The van der Waals surface area contributed by atoms with Crippen molar-refractivity contribution in [2.24, 2.45) is 5.73 Å². The van der Waals surface area contributed by atoms with Gasteiger partial charge >= 0.3 is 0 Å². The zero-order chi connectivity index (χ0) is 10.8. The van der Waals surface area contributed by atoms with E-state index in [4.69, 9.17) is 17.3 Å². The minimum atomic E-state index is -0.0443. The summed E-state index contributed by atoms with van der Waals surface area (Å²) < 4.78 is 0. The average Bonchev–Trinajstić information content (AvgIpc) is 2.20. The Morgan fingerprint density at radius 2 is 2.33 bits per heavy atom. The van der Waals surface area contributed by atoms with E-state index in [-0.39, 0.29) is 11.9 Å². The van der Waals surface area contributed by atoms with Crippen LogP contribution in [0.25, 0.3) is 0 Å². The first-order valence-corrected chi connectivity index (χ1v) is 5.38. The molecule has 0 saturated carbocycles. The summed E-state index contributed by atoms with van der Waals surface area (Å²) in [5, 5.41) is 3.59. The molecule has 1 aliphatic heterocycles. The summed E-state index contributed by atoms with van der Waals surface area (Å²) in [4.78, 5) is 11.7. The molecule has 0 spiro atoms. The fourth-order valence-electron chi connectivity index (χ4n) is 1.91. The minimum Gasteiger partial charge on any atom is -0.349 e. The summed E-state index contributed by atoms with van der Waals surface area (Å²) in [5.41, 5.74) is 7.11. The van der Waals surface area contributed by atoms with Gasteiger partial charge in [-0.15, -0.1) is 0 Å². The van der Waals surface area contributed by atoms with Crippen molar-refractivity contribution in [3.8, 4) is 0 Å². The largest absolute Gasteiger partial charge is 0.349 e. The number of hydrogen-bond donors (Lipinski definition) is 2. The van der Waals surface area contributed by atoms with Gasteiger partial charge < -0.3 is 11.1 Å². The summed E-state index contributed by atoms with van der Waals surface area (Å²) >= 11 is 6.06. The number of rotatable bonds is 2. The molecule has 3 N–H and O–H groups in total. The van der Waals surface area contributed by atoms with Crippen molar-refractivity contribution in [2.75, 3.05) is 6.54 Å². The molecule has 80 valence electrons. The van der Waals surface area contributed by atoms with Gasteiger partial charge in [0.05, 0.1) is 0 Å². The van der Waals surface area contributed by atoms with Crippen LogP contribution in [-0.4, -0.2) is 18.5 Å². The molecular formula is C11H13ClN2O. The molecule has 1 heterocycles. The molecule has 0 saturated heterocycles. The Morgan fingerprint density at radius 1 is 1.53 bits per heavy atom. The molecule has 0 aliphatic carbocycles. The van der Waals surface area contributed by atoms with E-state index in [0.29, 0.717) is 17.1 Å². The van der Waals surface area contributed by atoms with E-state index in [1.165, 1.54) is 0 Å². The normalized spacial score (nSPS) is 19.6. The summed E-state index contributed by atoms with van der Waals surface area (Å²) in [7, 11) is 0. The molecular weight excluding hydrogens is 212 g/mol. The number of amides is 1. The molecule has 2 rings (SSSR count). The first-order chi connectivity index (χ1) is 7.22. The number of benzene rings is 1. The van der Waals surface area contributed by atoms with E-state index in [2.05, 4.69) is 5.32 Å². The third-order valence-corrected chi connectivity index (χ3v) is 3.02. The average molecular weight is 225 g/mol. The number of carbonyl (C=O) groups is 1. The monoisotopic (exact) mass is 224 g/mol. The zero-order valence-electron chi connectivity index (χ0n) is 8.29. The predicted octanol–water partition coefficient (Wildman–Crippen LogP) is 1.34. The standard InChI is InChI=1S/C11H13ClN2O/c12-10-3-1-2-8-9(10)6-7(4-5-13)14-11(8)15/h1-3,7H,4-6,13H2,(H,14,15). The number of fused-ring (bicyclic) bond motifs is 1. The molecule has 0 fully saturated rings. The van der Waals surface area contributed by atoms with E-state index in [1.807, 2.05) is 6.07 Å². The first-order valence-electron chi connectivity index (χ1n) is 5.00. The Balaban J connectivity index is 2.33. The highest BCUT2D eigenvalue weighted by molar-refractivity contribution is 6.32. The first kappa shape index (κ1) is 10.5. The van der Waals surface area contributed by atoms with Crippen LogP contribution in [0.15, 0.2) is 18.2 Å². The highest BCUT2D eigenvalue weighted by atomic mass is 35.5. The molecule has 1 aromatic carbocycles. The zero-order valence-corrected chi connectivity index (χ0v) is 9.05. The topological polar surface area (TPSA) is 55.1 Å². The van der Waals surface area contributed by atoms with Gasteiger partial charge in [-0.05, 0) is 37.1 Å². The summed E-state index contributed by atoms with van der Waals surface area (Å²) in [6.45, 7) is 0.574. The van der Waals surface area contributed by atoms with Gasteiger partial charge in [0.1, 0.15) is 0 Å². The van der Waals surface area contributed by atoms with Crippen molar-refractivity contribution in [3.63, 3.8) is 0 Å². The molecule has 0 radical (unpaired) electrons. The Morgan fingerprint density at radius 3 is 3.07 bits per heavy atom. The van der Waals surface area contributed by atoms with E-state index >= 15 is 0 Å². The lowest BCUT2D eigenvalue weighted by Gasteiger charge is -2.25. The van der Waals surface area contributed by atoms with Crippen molar-refractivity contribution in [1.29, 1.82) is 0 Å². The van der Waals surface area contributed by atoms with E-state index in [9.17, 15) is 4.79 Å². The van der Waals surface area contributed by atoms with Gasteiger partial charge in [0.15, 0.2) is 0 Å². The maximum atomic E-state index is 11.7. The SMILES string of the molecule is NCCC1Cc2c(Cl)cccc2C(=O)N1. The number of hydrogen-bond acceptors (Lipinski definition) is 2. The van der Waals surface area contributed by atoms with Gasteiger partial charge in [-0.3, -0.25) is 4.79 Å². The molecule has 0 aromatic heterocycles. The Labute approximate surface area is 93.6 Å². The highest BCUT2D eigenvalue weighted by Crippen LogP contribution is 2.25. The lowest BCUT2D eigenvalue weighted by molar-refractivity contribution is 0.0923. The molecule has 1 amide bonds. The Bertz CT molecular complexity index is 392. The summed E-state index contributed by atoms with van der Waals surface area (Å²) in [6.07, 6.45) is 1.56. The van der Waals surface area contributed by atoms with Gasteiger partial charge in [-0.2, -0.15) is 0 Å². The fraction of sp³-hybridized carbons (Fsp3) is 0.364. The highest BCUT2D eigenvalue weighted by Gasteiger charge is 2.24. The van der Waals surface area contributed by atoms with Gasteiger partial charge in [-0.25, -0.2) is 0 Å². The number of halogens is 1. The maximum absolute atomic E-state index is 11.7. The van der Waals surface area contributed by atoms with Crippen molar-refractivity contribution >= 4 is 17.5 Å². The van der Waals surface area contributed by atoms with Crippen LogP contribution in [0.2, 0.25) is 5.02 Å². The number of carbonyl (C=O) groups excluding carboxylic acids is 1. The van der Waals surface area contributed by atoms with Crippen LogP contribution in [0.1, 0.15) is 22.3 Å². The van der Waals surface area contributed by atoms with Crippen LogP contribution in [0.4, 0.5) is 0 Å². The van der Waals surface area contributed by atoms with Crippen LogP contribution < -0.4 is 11.1 Å². The smallest absolute Gasteiger partial charge is 0.251 e. The van der Waals surface area contributed by atoms with E-state index < -0.39 is 0 Å². The van der Waals surface area contributed by atoms with Crippen molar-refractivity contribution < 1.29 is 4.79 Å². The van der Waals surface area contributed by atoms with Crippen LogP contribution in [-0.2, 0) is 6.42 Å². The Hall–Kier alpha value is -1.06. The molecule has 4 heteroatoms. The number of nitrogens with one attached hydrogen (secondary N) is 1. The van der Waals surface area contributed by atoms with Gasteiger partial charge in [0.25, 0.3) is 5.91 Å². The number of nitrogens with two attached hydrogens (primary N) is 1. The molecule has 15 heavy (non-hydrogen) atoms. The minimum absolute atomic E-state index is 0.0443. The van der Waals surface area contributed by atoms with E-state index in [0.717, 1.165) is 18.4 Å².